The van der Waals surface area contributed by atoms with Crippen LogP contribution in [0, 0.1) is 17.8 Å². The van der Waals surface area contributed by atoms with Crippen molar-refractivity contribution >= 4 is 39.5 Å². The Morgan fingerprint density at radius 1 is 0.278 bits per heavy atom. The molecule has 0 aliphatic heterocycles. The summed E-state index contributed by atoms with van der Waals surface area (Å²) < 4.78 is 68.6. The van der Waals surface area contributed by atoms with E-state index in [4.69, 9.17) is 37.0 Å². The van der Waals surface area contributed by atoms with Crippen LogP contribution in [0.4, 0.5) is 0 Å². The van der Waals surface area contributed by atoms with Crippen LogP contribution >= 0.6 is 15.6 Å². The van der Waals surface area contributed by atoms with E-state index in [2.05, 4.69) is 48.5 Å². The molecule has 0 aromatic rings. The highest BCUT2D eigenvalue weighted by atomic mass is 31.2. The first-order chi connectivity index (χ1) is 46.7. The van der Waals surface area contributed by atoms with Crippen LogP contribution in [0.1, 0.15) is 402 Å². The Morgan fingerprint density at radius 2 is 0.474 bits per heavy atom. The Morgan fingerprint density at radius 3 is 0.701 bits per heavy atom. The Kier molecular flexibility index (Phi) is 67.1. The molecule has 0 aliphatic rings. The first kappa shape index (κ1) is 95.1. The highest BCUT2D eigenvalue weighted by Gasteiger charge is 2.30. The van der Waals surface area contributed by atoms with Crippen molar-refractivity contribution in [2.75, 3.05) is 39.6 Å². The average molecular weight is 1420 g/mol. The summed E-state index contributed by atoms with van der Waals surface area (Å²) in [5.41, 5.74) is 0. The second-order valence-corrected chi connectivity index (χ2v) is 32.4. The SMILES string of the molecule is CCCCCCCCCCCCCCCCCCC(=O)O[C@H](COC(=O)CCCCCCCCCCCCCCC(C)C)COP(=O)(O)OC[C@@H](O)COP(=O)(O)OC[C@@H](COC(=O)CCCCCCCCCCC(C)C)OC(=O)CCCCCCCCCCCCCCC(C)C. The quantitative estimate of drug-likeness (QED) is 0.0222. The molecule has 0 aromatic carbocycles. The standard InChI is InChI=1S/C78H152O17P2/c1-8-9-10-11-12-13-14-15-16-17-18-26-31-40-47-54-61-77(82)94-73(65-88-75(80)59-52-45-38-30-25-21-19-23-28-35-42-49-56-69(2)3)67-92-96(84,85)90-63-72(79)64-91-97(86,87)93-68-74(66-89-76(81)60-53-46-39-34-33-37-44-51-58-71(6)7)95-78(83)62-55-48-41-32-27-22-20-24-29-36-43-50-57-70(4)5/h69-74,79H,8-68H2,1-7H3,(H,84,85)(H,86,87)/t72-,73-,74-/m1/s1. The van der Waals surface area contributed by atoms with E-state index in [-0.39, 0.29) is 25.7 Å². The molecule has 0 aliphatic carbocycles. The van der Waals surface area contributed by atoms with E-state index in [1.165, 1.54) is 212 Å². The summed E-state index contributed by atoms with van der Waals surface area (Å²) in [5, 5.41) is 10.6. The van der Waals surface area contributed by atoms with Crippen molar-refractivity contribution in [3.8, 4) is 0 Å². The van der Waals surface area contributed by atoms with Gasteiger partial charge in [-0.3, -0.25) is 37.3 Å². The van der Waals surface area contributed by atoms with Gasteiger partial charge in [-0.25, -0.2) is 9.13 Å². The number of carbonyl (C=O) groups excluding carboxylic acids is 4. The number of aliphatic hydroxyl groups excluding tert-OH is 1. The van der Waals surface area contributed by atoms with E-state index >= 15 is 0 Å². The molecule has 2 unspecified atom stereocenters. The lowest BCUT2D eigenvalue weighted by Crippen LogP contribution is -2.30. The van der Waals surface area contributed by atoms with Crippen LogP contribution in [0.3, 0.4) is 0 Å². The van der Waals surface area contributed by atoms with E-state index in [0.717, 1.165) is 108 Å². The van der Waals surface area contributed by atoms with Crippen molar-refractivity contribution in [1.82, 2.24) is 0 Å². The first-order valence-corrected chi connectivity index (χ1v) is 43.3. The maximum Gasteiger partial charge on any atom is 0.472 e. The number of aliphatic hydroxyl groups is 1. The number of phosphoric acid groups is 2. The third-order valence-corrected chi connectivity index (χ3v) is 20.0. The predicted molar refractivity (Wildman–Crippen MR) is 395 cm³/mol. The molecule has 0 fully saturated rings. The average Bonchev–Trinajstić information content (AvgIpc) is 1.15. The summed E-state index contributed by atoms with van der Waals surface area (Å²) in [7, 11) is -9.92. The molecule has 0 saturated carbocycles. The first-order valence-electron chi connectivity index (χ1n) is 40.3. The summed E-state index contributed by atoms with van der Waals surface area (Å²) in [5.74, 6) is 0.171. The molecule has 5 atom stereocenters. The molecule has 0 bridgehead atoms. The lowest BCUT2D eigenvalue weighted by Gasteiger charge is -2.21. The maximum atomic E-state index is 13.1. The fourth-order valence-electron chi connectivity index (χ4n) is 12.0. The van der Waals surface area contributed by atoms with Crippen LogP contribution < -0.4 is 0 Å². The van der Waals surface area contributed by atoms with Crippen LogP contribution in [0.2, 0.25) is 0 Å². The number of esters is 4. The van der Waals surface area contributed by atoms with E-state index in [1.807, 2.05) is 0 Å². The van der Waals surface area contributed by atoms with Gasteiger partial charge in [-0.15, -0.1) is 0 Å². The lowest BCUT2D eigenvalue weighted by atomic mass is 10.0. The third kappa shape index (κ3) is 72.2. The molecule has 3 N–H and O–H groups in total. The van der Waals surface area contributed by atoms with Crippen LogP contribution in [0.25, 0.3) is 0 Å². The summed E-state index contributed by atoms with van der Waals surface area (Å²) >= 11 is 0. The van der Waals surface area contributed by atoms with Crippen molar-refractivity contribution in [2.24, 2.45) is 17.8 Å². The van der Waals surface area contributed by atoms with Gasteiger partial charge in [0.15, 0.2) is 12.2 Å². The predicted octanol–water partition coefficient (Wildman–Crippen LogP) is 23.0. The van der Waals surface area contributed by atoms with Gasteiger partial charge in [0.2, 0.25) is 0 Å². The highest BCUT2D eigenvalue weighted by molar-refractivity contribution is 7.47. The zero-order chi connectivity index (χ0) is 71.6. The van der Waals surface area contributed by atoms with Crippen molar-refractivity contribution in [3.05, 3.63) is 0 Å². The Labute approximate surface area is 594 Å². The van der Waals surface area contributed by atoms with Gasteiger partial charge in [0.1, 0.15) is 19.3 Å². The van der Waals surface area contributed by atoms with Gasteiger partial charge in [0.05, 0.1) is 26.4 Å². The normalized spacial score (nSPS) is 14.0. The molecular formula is C78H152O17P2. The number of ether oxygens (including phenoxy) is 4. The summed E-state index contributed by atoms with van der Waals surface area (Å²) in [6.07, 6.45) is 55.4. The Hall–Kier alpha value is -1.94. The fourth-order valence-corrected chi connectivity index (χ4v) is 13.5. The van der Waals surface area contributed by atoms with Crippen molar-refractivity contribution in [3.63, 3.8) is 0 Å². The molecule has 19 heteroatoms. The number of hydrogen-bond donors (Lipinski definition) is 3. The van der Waals surface area contributed by atoms with Crippen LogP contribution in [0.5, 0.6) is 0 Å². The molecule has 0 radical (unpaired) electrons. The van der Waals surface area contributed by atoms with Crippen LogP contribution in [-0.2, 0) is 65.4 Å². The van der Waals surface area contributed by atoms with E-state index in [0.29, 0.717) is 25.7 Å². The van der Waals surface area contributed by atoms with E-state index < -0.39 is 97.5 Å². The van der Waals surface area contributed by atoms with Gasteiger partial charge in [-0.1, -0.05) is 350 Å². The molecule has 0 rings (SSSR count). The van der Waals surface area contributed by atoms with Crippen molar-refractivity contribution in [2.45, 2.75) is 420 Å². The van der Waals surface area contributed by atoms with Crippen molar-refractivity contribution < 1.29 is 80.2 Å². The smallest absolute Gasteiger partial charge is 0.462 e. The highest BCUT2D eigenvalue weighted by Crippen LogP contribution is 2.45. The Bertz CT molecular complexity index is 1890. The second kappa shape index (κ2) is 68.5. The molecule has 0 heterocycles. The monoisotopic (exact) mass is 1420 g/mol. The number of hydrogen-bond acceptors (Lipinski definition) is 15. The van der Waals surface area contributed by atoms with E-state index in [9.17, 15) is 43.2 Å². The molecule has 17 nitrogen and oxygen atoms in total. The summed E-state index contributed by atoms with van der Waals surface area (Å²) in [6, 6.07) is 0. The van der Waals surface area contributed by atoms with Gasteiger partial charge in [0.25, 0.3) is 0 Å². The number of unbranched alkanes of at least 4 members (excludes halogenated alkanes) is 44. The van der Waals surface area contributed by atoms with Crippen LogP contribution in [-0.4, -0.2) is 96.7 Å². The largest absolute Gasteiger partial charge is 0.472 e. The van der Waals surface area contributed by atoms with Gasteiger partial charge in [0, 0.05) is 25.7 Å². The van der Waals surface area contributed by atoms with Crippen LogP contribution in [0.15, 0.2) is 0 Å². The van der Waals surface area contributed by atoms with Gasteiger partial charge in [-0.05, 0) is 43.4 Å². The molecule has 576 valence electrons. The van der Waals surface area contributed by atoms with Gasteiger partial charge < -0.3 is 33.8 Å². The molecular weight excluding hydrogens is 1270 g/mol. The Balaban J connectivity index is 5.26. The maximum absolute atomic E-state index is 13.1. The summed E-state index contributed by atoms with van der Waals surface area (Å²) in [6.45, 7) is 11.9. The summed E-state index contributed by atoms with van der Waals surface area (Å²) in [4.78, 5) is 72.9. The fraction of sp³-hybridized carbons (Fsp3) is 0.949. The zero-order valence-corrected chi connectivity index (χ0v) is 65.3. The molecule has 0 aromatic heterocycles. The number of rotatable bonds is 76. The minimum absolute atomic E-state index is 0.106. The lowest BCUT2D eigenvalue weighted by molar-refractivity contribution is -0.161. The van der Waals surface area contributed by atoms with Crippen molar-refractivity contribution in [1.29, 1.82) is 0 Å². The zero-order valence-electron chi connectivity index (χ0n) is 63.5. The second-order valence-electron chi connectivity index (χ2n) is 29.5. The molecule has 0 spiro atoms. The van der Waals surface area contributed by atoms with Gasteiger partial charge in [-0.2, -0.15) is 0 Å². The molecule has 97 heavy (non-hydrogen) atoms. The third-order valence-electron chi connectivity index (χ3n) is 18.1. The number of phosphoric ester groups is 2. The topological polar surface area (TPSA) is 237 Å². The minimum atomic E-state index is -4.96. The molecule has 0 amide bonds. The minimum Gasteiger partial charge on any atom is -0.462 e. The molecule has 0 saturated heterocycles. The van der Waals surface area contributed by atoms with Gasteiger partial charge >= 0.3 is 39.5 Å². The van der Waals surface area contributed by atoms with E-state index in [1.54, 1.807) is 0 Å². The number of carbonyl (C=O) groups is 4.